The maximum Gasteiger partial charge on any atom is 0.251 e. The van der Waals surface area contributed by atoms with Crippen molar-refractivity contribution >= 4 is 15.9 Å². The number of hydrogen-bond donors (Lipinski definition) is 2. The second kappa shape index (κ2) is 9.14. The average molecular weight is 398 g/mol. The van der Waals surface area contributed by atoms with E-state index in [1.807, 2.05) is 20.9 Å². The molecule has 0 saturated carbocycles. The van der Waals surface area contributed by atoms with Crippen molar-refractivity contribution in [2.24, 2.45) is 0 Å². The van der Waals surface area contributed by atoms with E-state index in [1.165, 1.54) is 12.1 Å². The number of methoxy groups -OCH3 is 1. The predicted octanol–water partition coefficient (Wildman–Crippen LogP) is 1.60. The van der Waals surface area contributed by atoms with Crippen LogP contribution in [0.5, 0.6) is 0 Å². The molecule has 152 valence electrons. The molecule has 7 nitrogen and oxygen atoms in total. The number of carbonyl (C=O) groups is 1. The number of rotatable bonds is 8. The average Bonchev–Trinajstić information content (AvgIpc) is 2.65. The maximum atomic E-state index is 12.6. The highest BCUT2D eigenvalue weighted by atomic mass is 32.2. The van der Waals surface area contributed by atoms with Crippen LogP contribution >= 0.6 is 0 Å². The number of amides is 1. The number of likely N-dealkylation sites (tertiary alicyclic amines) is 1. The summed E-state index contributed by atoms with van der Waals surface area (Å²) >= 11 is 0. The van der Waals surface area contributed by atoms with Crippen LogP contribution in [0.4, 0.5) is 0 Å². The van der Waals surface area contributed by atoms with E-state index in [0.717, 1.165) is 25.8 Å². The third-order valence-corrected chi connectivity index (χ3v) is 6.49. The van der Waals surface area contributed by atoms with Crippen molar-refractivity contribution in [2.75, 3.05) is 33.8 Å². The van der Waals surface area contributed by atoms with Crippen molar-refractivity contribution in [3.8, 4) is 0 Å². The fourth-order valence-electron chi connectivity index (χ4n) is 2.96. The monoisotopic (exact) mass is 397 g/mol. The van der Waals surface area contributed by atoms with Crippen LogP contribution in [0.3, 0.4) is 0 Å². The van der Waals surface area contributed by atoms with Gasteiger partial charge in [0.15, 0.2) is 0 Å². The van der Waals surface area contributed by atoms with Gasteiger partial charge in [0, 0.05) is 31.8 Å². The Bertz CT molecular complexity index is 749. The summed E-state index contributed by atoms with van der Waals surface area (Å²) in [6, 6.07) is 6.29. The van der Waals surface area contributed by atoms with Crippen LogP contribution < -0.4 is 10.0 Å². The Labute approximate surface area is 162 Å². The quantitative estimate of drug-likeness (QED) is 0.696. The van der Waals surface area contributed by atoms with Crippen molar-refractivity contribution < 1.29 is 17.9 Å². The van der Waals surface area contributed by atoms with Gasteiger partial charge in [-0.1, -0.05) is 12.5 Å². The molecule has 1 aliphatic rings. The largest absolute Gasteiger partial charge is 0.377 e. The van der Waals surface area contributed by atoms with Crippen molar-refractivity contribution in [2.45, 2.75) is 49.6 Å². The molecule has 0 unspecified atom stereocenters. The zero-order valence-electron chi connectivity index (χ0n) is 16.6. The molecular formula is C19H31N3O4S. The van der Waals surface area contributed by atoms with Gasteiger partial charge >= 0.3 is 0 Å². The number of benzene rings is 1. The molecule has 0 aliphatic carbocycles. The van der Waals surface area contributed by atoms with Crippen molar-refractivity contribution in [1.29, 1.82) is 0 Å². The zero-order chi connectivity index (χ0) is 20.1. The summed E-state index contributed by atoms with van der Waals surface area (Å²) in [7, 11) is -0.0719. The van der Waals surface area contributed by atoms with Gasteiger partial charge in [-0.2, -0.15) is 0 Å². The van der Waals surface area contributed by atoms with Crippen LogP contribution in [0.25, 0.3) is 0 Å². The fourth-order valence-corrected chi connectivity index (χ4v) is 4.08. The summed E-state index contributed by atoms with van der Waals surface area (Å²) < 4.78 is 33.2. The normalized spacial score (nSPS) is 19.0. The van der Waals surface area contributed by atoms with Crippen molar-refractivity contribution in [1.82, 2.24) is 14.9 Å². The molecule has 0 spiro atoms. The summed E-state index contributed by atoms with van der Waals surface area (Å²) in [6.45, 7) is 5.41. The molecule has 2 rings (SSSR count). The molecule has 1 aliphatic heterocycles. The predicted molar refractivity (Wildman–Crippen MR) is 105 cm³/mol. The Balaban J connectivity index is 2.03. The minimum atomic E-state index is -3.67. The highest BCUT2D eigenvalue weighted by Gasteiger charge is 2.23. The molecular weight excluding hydrogens is 366 g/mol. The second-order valence-electron chi connectivity index (χ2n) is 7.66. The molecule has 1 amide bonds. The van der Waals surface area contributed by atoms with Crippen molar-refractivity contribution in [3.05, 3.63) is 29.8 Å². The minimum Gasteiger partial charge on any atom is -0.377 e. The summed E-state index contributed by atoms with van der Waals surface area (Å²) in [6.07, 6.45) is 3.25. The van der Waals surface area contributed by atoms with E-state index >= 15 is 0 Å². The number of sulfonamides is 1. The lowest BCUT2D eigenvalue weighted by molar-refractivity contribution is 0.0228. The van der Waals surface area contributed by atoms with Gasteiger partial charge in [0.05, 0.1) is 10.5 Å². The van der Waals surface area contributed by atoms with E-state index in [1.54, 1.807) is 19.2 Å². The van der Waals surface area contributed by atoms with Crippen LogP contribution in [0.15, 0.2) is 29.2 Å². The summed E-state index contributed by atoms with van der Waals surface area (Å²) in [5, 5.41) is 2.77. The van der Waals surface area contributed by atoms with E-state index in [0.29, 0.717) is 18.7 Å². The van der Waals surface area contributed by atoms with Crippen molar-refractivity contribution in [3.63, 3.8) is 0 Å². The molecule has 1 saturated heterocycles. The van der Waals surface area contributed by atoms with Gasteiger partial charge < -0.3 is 15.0 Å². The molecule has 0 aromatic heterocycles. The molecule has 1 aromatic rings. The van der Waals surface area contributed by atoms with E-state index in [4.69, 9.17) is 4.74 Å². The number of piperidine rings is 1. The lowest BCUT2D eigenvalue weighted by Crippen LogP contribution is -2.44. The number of carbonyl (C=O) groups excluding carboxylic acids is 1. The molecule has 1 fully saturated rings. The Hall–Kier alpha value is -1.48. The number of likely N-dealkylation sites (N-methyl/N-ethyl adjacent to an activating group) is 1. The summed E-state index contributed by atoms with van der Waals surface area (Å²) in [5.41, 5.74) is -0.188. The number of nitrogens with one attached hydrogen (secondary N) is 2. The van der Waals surface area contributed by atoms with Gasteiger partial charge in [0.1, 0.15) is 0 Å². The van der Waals surface area contributed by atoms with Gasteiger partial charge in [-0.3, -0.25) is 4.79 Å². The van der Waals surface area contributed by atoms with Gasteiger partial charge in [-0.05, 0) is 58.5 Å². The van der Waals surface area contributed by atoms with E-state index < -0.39 is 15.6 Å². The van der Waals surface area contributed by atoms with Crippen LogP contribution in [0.1, 0.15) is 43.5 Å². The highest BCUT2D eigenvalue weighted by molar-refractivity contribution is 7.89. The number of hydrogen-bond acceptors (Lipinski definition) is 5. The molecule has 27 heavy (non-hydrogen) atoms. The van der Waals surface area contributed by atoms with E-state index in [-0.39, 0.29) is 16.8 Å². The third-order valence-electron chi connectivity index (χ3n) is 5.06. The van der Waals surface area contributed by atoms with Gasteiger partial charge in [0.25, 0.3) is 5.91 Å². The summed E-state index contributed by atoms with van der Waals surface area (Å²) in [4.78, 5) is 14.6. The Kier molecular flexibility index (Phi) is 7.39. The Morgan fingerprint density at radius 2 is 2.07 bits per heavy atom. The van der Waals surface area contributed by atoms with Crippen LogP contribution in [-0.2, 0) is 14.8 Å². The molecule has 1 heterocycles. The SMILES string of the molecule is COC(C)(C)CNC(=O)c1cccc(S(=O)(=O)NC[C@@H]2CCCCN2C)c1. The second-order valence-corrected chi connectivity index (χ2v) is 9.42. The third kappa shape index (κ3) is 6.27. The van der Waals surface area contributed by atoms with E-state index in [9.17, 15) is 13.2 Å². The van der Waals surface area contributed by atoms with Crippen LogP contribution in [0, 0.1) is 0 Å². The molecule has 0 radical (unpaired) electrons. The minimum absolute atomic E-state index is 0.0969. The molecule has 1 atom stereocenters. The van der Waals surface area contributed by atoms with Gasteiger partial charge in [-0.25, -0.2) is 13.1 Å². The summed E-state index contributed by atoms with van der Waals surface area (Å²) in [5.74, 6) is -0.329. The number of nitrogens with zero attached hydrogens (tertiary/aromatic N) is 1. The van der Waals surface area contributed by atoms with Crippen LogP contribution in [0.2, 0.25) is 0 Å². The fraction of sp³-hybridized carbons (Fsp3) is 0.632. The smallest absolute Gasteiger partial charge is 0.251 e. The lowest BCUT2D eigenvalue weighted by Gasteiger charge is -2.32. The van der Waals surface area contributed by atoms with Crippen LogP contribution in [-0.4, -0.2) is 64.7 Å². The zero-order valence-corrected chi connectivity index (χ0v) is 17.4. The van der Waals surface area contributed by atoms with Gasteiger partial charge in [-0.15, -0.1) is 0 Å². The number of ether oxygens (including phenoxy) is 1. The Morgan fingerprint density at radius 1 is 1.33 bits per heavy atom. The first-order valence-corrected chi connectivity index (χ1v) is 10.8. The maximum absolute atomic E-state index is 12.6. The standard InChI is InChI=1S/C19H31N3O4S/c1-19(2,26-4)14-20-18(23)15-8-7-10-17(12-15)27(24,25)21-13-16-9-5-6-11-22(16)3/h7-8,10,12,16,21H,5-6,9,11,13-14H2,1-4H3,(H,20,23)/t16-/m0/s1. The first-order valence-electron chi connectivity index (χ1n) is 9.28. The first-order chi connectivity index (χ1) is 12.6. The molecule has 1 aromatic carbocycles. The topological polar surface area (TPSA) is 87.7 Å². The first kappa shape index (κ1) is 21.8. The van der Waals surface area contributed by atoms with Gasteiger partial charge in [0.2, 0.25) is 10.0 Å². The highest BCUT2D eigenvalue weighted by Crippen LogP contribution is 2.16. The molecule has 0 bridgehead atoms. The van der Waals surface area contributed by atoms with E-state index in [2.05, 4.69) is 14.9 Å². The molecule has 2 N–H and O–H groups in total. The molecule has 8 heteroatoms. The lowest BCUT2D eigenvalue weighted by atomic mass is 10.0. The Morgan fingerprint density at radius 3 is 2.74 bits per heavy atom.